The lowest BCUT2D eigenvalue weighted by Gasteiger charge is -2.37. The standard InChI is InChI=1S/C12H14BrNO.ClH/c1-12-7-14-5-10(12)8-3-2-4-11(13)9(8)6-15-12;/h2-4,10,14H,5-7H2,1H3;1H/t10-,12+;/m0./s1. The van der Waals surface area contributed by atoms with Gasteiger partial charge in [-0.2, -0.15) is 0 Å². The molecule has 1 aromatic rings. The summed E-state index contributed by atoms with van der Waals surface area (Å²) in [6, 6.07) is 6.44. The maximum Gasteiger partial charge on any atom is 0.0863 e. The molecule has 0 unspecified atom stereocenters. The molecule has 1 fully saturated rings. The van der Waals surface area contributed by atoms with Crippen molar-refractivity contribution >= 4 is 28.3 Å². The third kappa shape index (κ3) is 1.70. The molecule has 0 radical (unpaired) electrons. The largest absolute Gasteiger partial charge is 0.369 e. The van der Waals surface area contributed by atoms with Gasteiger partial charge in [-0.15, -0.1) is 12.4 Å². The van der Waals surface area contributed by atoms with Crippen molar-refractivity contribution in [2.24, 2.45) is 0 Å². The van der Waals surface area contributed by atoms with E-state index in [0.29, 0.717) is 5.92 Å². The van der Waals surface area contributed by atoms with Gasteiger partial charge in [-0.05, 0) is 24.1 Å². The quantitative estimate of drug-likeness (QED) is 0.796. The monoisotopic (exact) mass is 303 g/mol. The van der Waals surface area contributed by atoms with Gasteiger partial charge in [0.15, 0.2) is 0 Å². The van der Waals surface area contributed by atoms with Gasteiger partial charge in [-0.3, -0.25) is 0 Å². The fourth-order valence-electron chi connectivity index (χ4n) is 2.69. The van der Waals surface area contributed by atoms with Crippen molar-refractivity contribution in [2.75, 3.05) is 13.1 Å². The fourth-order valence-corrected chi connectivity index (χ4v) is 3.18. The van der Waals surface area contributed by atoms with E-state index >= 15 is 0 Å². The first-order valence-corrected chi connectivity index (χ1v) is 6.12. The molecule has 0 bridgehead atoms. The summed E-state index contributed by atoms with van der Waals surface area (Å²) in [6.07, 6.45) is 0. The summed E-state index contributed by atoms with van der Waals surface area (Å²) in [4.78, 5) is 0. The minimum atomic E-state index is -0.00616. The summed E-state index contributed by atoms with van der Waals surface area (Å²) >= 11 is 3.60. The maximum atomic E-state index is 6.00. The topological polar surface area (TPSA) is 21.3 Å². The third-order valence-electron chi connectivity index (χ3n) is 3.64. The number of halogens is 2. The summed E-state index contributed by atoms with van der Waals surface area (Å²) in [5, 5.41) is 3.42. The predicted octanol–water partition coefficient (Wildman–Crippen LogP) is 2.85. The average Bonchev–Trinajstić information content (AvgIpc) is 2.60. The van der Waals surface area contributed by atoms with Crippen molar-refractivity contribution < 1.29 is 4.74 Å². The van der Waals surface area contributed by atoms with Crippen molar-refractivity contribution in [3.63, 3.8) is 0 Å². The number of ether oxygens (including phenoxy) is 1. The third-order valence-corrected chi connectivity index (χ3v) is 4.38. The number of hydrogen-bond acceptors (Lipinski definition) is 2. The van der Waals surface area contributed by atoms with E-state index in [0.717, 1.165) is 19.7 Å². The normalized spacial score (nSPS) is 31.5. The molecule has 16 heavy (non-hydrogen) atoms. The Morgan fingerprint density at radius 1 is 1.50 bits per heavy atom. The van der Waals surface area contributed by atoms with E-state index < -0.39 is 0 Å². The zero-order chi connectivity index (χ0) is 10.5. The van der Waals surface area contributed by atoms with E-state index in [2.05, 4.69) is 46.4 Å². The predicted molar refractivity (Wildman–Crippen MR) is 70.2 cm³/mol. The van der Waals surface area contributed by atoms with Crippen LogP contribution in [0.3, 0.4) is 0 Å². The molecule has 2 aliphatic heterocycles. The Morgan fingerprint density at radius 2 is 2.31 bits per heavy atom. The highest BCUT2D eigenvalue weighted by molar-refractivity contribution is 9.10. The van der Waals surface area contributed by atoms with Crippen LogP contribution in [-0.2, 0) is 11.3 Å². The van der Waals surface area contributed by atoms with E-state index in [1.807, 2.05) is 0 Å². The fraction of sp³-hybridized carbons (Fsp3) is 0.500. The Morgan fingerprint density at radius 3 is 3.12 bits per heavy atom. The second-order valence-corrected chi connectivity index (χ2v) is 5.45. The van der Waals surface area contributed by atoms with Crippen molar-refractivity contribution in [1.29, 1.82) is 0 Å². The first-order valence-electron chi connectivity index (χ1n) is 5.33. The van der Waals surface area contributed by atoms with Crippen molar-refractivity contribution in [2.45, 2.75) is 25.0 Å². The van der Waals surface area contributed by atoms with Gasteiger partial charge in [0.2, 0.25) is 0 Å². The van der Waals surface area contributed by atoms with Crippen LogP contribution < -0.4 is 5.32 Å². The highest BCUT2D eigenvalue weighted by Gasteiger charge is 2.44. The number of nitrogens with one attached hydrogen (secondary N) is 1. The van der Waals surface area contributed by atoms with Gasteiger partial charge in [0.05, 0.1) is 12.2 Å². The van der Waals surface area contributed by atoms with E-state index in [1.165, 1.54) is 15.6 Å². The van der Waals surface area contributed by atoms with Gasteiger partial charge in [0, 0.05) is 23.5 Å². The van der Waals surface area contributed by atoms with Gasteiger partial charge in [0.25, 0.3) is 0 Å². The lowest BCUT2D eigenvalue weighted by atomic mass is 9.82. The maximum absolute atomic E-state index is 6.00. The first-order chi connectivity index (χ1) is 7.21. The summed E-state index contributed by atoms with van der Waals surface area (Å²) in [6.45, 7) is 4.93. The summed E-state index contributed by atoms with van der Waals surface area (Å²) in [5.74, 6) is 0.499. The van der Waals surface area contributed by atoms with Crippen LogP contribution >= 0.6 is 28.3 Å². The minimum Gasteiger partial charge on any atom is -0.369 e. The van der Waals surface area contributed by atoms with Crippen molar-refractivity contribution in [3.05, 3.63) is 33.8 Å². The molecule has 1 N–H and O–H groups in total. The molecule has 0 aromatic heterocycles. The summed E-state index contributed by atoms with van der Waals surface area (Å²) < 4.78 is 7.18. The molecule has 0 spiro atoms. The van der Waals surface area contributed by atoms with E-state index in [9.17, 15) is 0 Å². The lowest BCUT2D eigenvalue weighted by Crippen LogP contribution is -2.39. The molecule has 2 heterocycles. The van der Waals surface area contributed by atoms with Gasteiger partial charge < -0.3 is 10.1 Å². The second kappa shape index (κ2) is 4.30. The molecule has 1 saturated heterocycles. The number of fused-ring (bicyclic) bond motifs is 3. The van der Waals surface area contributed by atoms with Crippen LogP contribution in [0, 0.1) is 0 Å². The summed E-state index contributed by atoms with van der Waals surface area (Å²) in [5.41, 5.74) is 2.76. The average molecular weight is 305 g/mol. The molecule has 4 heteroatoms. The molecule has 0 aliphatic carbocycles. The smallest absolute Gasteiger partial charge is 0.0863 e. The lowest BCUT2D eigenvalue weighted by molar-refractivity contribution is -0.0520. The molecule has 2 atom stereocenters. The van der Waals surface area contributed by atoms with Crippen LogP contribution in [-0.4, -0.2) is 18.7 Å². The minimum absolute atomic E-state index is 0. The number of benzene rings is 1. The Kier molecular flexibility index (Phi) is 3.32. The highest BCUT2D eigenvalue weighted by Crippen LogP contribution is 2.42. The van der Waals surface area contributed by atoms with Gasteiger partial charge in [-0.25, -0.2) is 0 Å². The van der Waals surface area contributed by atoms with Gasteiger partial charge >= 0.3 is 0 Å². The van der Waals surface area contributed by atoms with Crippen LogP contribution in [0.1, 0.15) is 24.0 Å². The van der Waals surface area contributed by atoms with Crippen LogP contribution in [0.4, 0.5) is 0 Å². The molecule has 2 aliphatic rings. The van der Waals surface area contributed by atoms with Crippen LogP contribution in [0.15, 0.2) is 22.7 Å². The molecule has 88 valence electrons. The number of hydrogen-bond donors (Lipinski definition) is 1. The Bertz CT molecular complexity index is 412. The molecular formula is C12H15BrClNO. The molecule has 3 rings (SSSR count). The molecule has 0 saturated carbocycles. The molecule has 0 amide bonds. The SMILES string of the molecule is C[C@@]12CNC[C@H]1c1cccc(Br)c1CO2.Cl. The van der Waals surface area contributed by atoms with Crippen LogP contribution in [0.25, 0.3) is 0 Å². The first kappa shape index (κ1) is 12.4. The Labute approximate surface area is 110 Å². The highest BCUT2D eigenvalue weighted by atomic mass is 79.9. The second-order valence-electron chi connectivity index (χ2n) is 4.59. The molecule has 1 aromatic carbocycles. The van der Waals surface area contributed by atoms with E-state index in [1.54, 1.807) is 0 Å². The van der Waals surface area contributed by atoms with Gasteiger partial charge in [0.1, 0.15) is 0 Å². The Balaban J connectivity index is 0.000000963. The number of rotatable bonds is 0. The molecular weight excluding hydrogens is 289 g/mol. The molecule has 2 nitrogen and oxygen atoms in total. The zero-order valence-corrected chi connectivity index (χ0v) is 11.5. The zero-order valence-electron chi connectivity index (χ0n) is 9.13. The van der Waals surface area contributed by atoms with E-state index in [-0.39, 0.29) is 18.0 Å². The van der Waals surface area contributed by atoms with Crippen molar-refractivity contribution in [3.8, 4) is 0 Å². The van der Waals surface area contributed by atoms with Crippen LogP contribution in [0.2, 0.25) is 0 Å². The van der Waals surface area contributed by atoms with Crippen molar-refractivity contribution in [1.82, 2.24) is 5.32 Å². The van der Waals surface area contributed by atoms with Crippen LogP contribution in [0.5, 0.6) is 0 Å². The van der Waals surface area contributed by atoms with Gasteiger partial charge in [-0.1, -0.05) is 28.1 Å². The van der Waals surface area contributed by atoms with E-state index in [4.69, 9.17) is 4.74 Å². The Hall–Kier alpha value is -0.0900. The summed E-state index contributed by atoms with van der Waals surface area (Å²) in [7, 11) is 0.